The minimum absolute atomic E-state index is 0. The molecule has 0 radical (unpaired) electrons. The standard InChI is InChI=1S/C4H7NO.HI.H3N/c1-3(2)4(5)6;;/h1H2,2H3,(H2,5,6);1H;1H3. The number of primary amides is 1. The molecule has 3 nitrogen and oxygen atoms in total. The Balaban J connectivity index is -0.000000125. The van der Waals surface area contributed by atoms with E-state index in [4.69, 9.17) is 5.73 Å². The summed E-state index contributed by atoms with van der Waals surface area (Å²) in [5.41, 5.74) is 5.09. The Morgan fingerprint density at radius 3 is 1.75 bits per heavy atom. The van der Waals surface area contributed by atoms with E-state index in [0.717, 1.165) is 0 Å². The van der Waals surface area contributed by atoms with Crippen molar-refractivity contribution in [3.63, 3.8) is 0 Å². The van der Waals surface area contributed by atoms with E-state index in [9.17, 15) is 4.79 Å². The van der Waals surface area contributed by atoms with E-state index in [-0.39, 0.29) is 30.1 Å². The van der Waals surface area contributed by atoms with Crippen molar-refractivity contribution in [2.75, 3.05) is 0 Å². The second kappa shape index (κ2) is 6.90. The second-order valence-electron chi connectivity index (χ2n) is 1.14. The molecule has 0 bridgehead atoms. The van der Waals surface area contributed by atoms with Crippen LogP contribution in [0, 0.1) is 0 Å². The Morgan fingerprint density at radius 1 is 1.62 bits per heavy atom. The van der Waals surface area contributed by atoms with Crippen molar-refractivity contribution in [2.24, 2.45) is 5.73 Å². The van der Waals surface area contributed by atoms with Gasteiger partial charge in [-0.05, 0) is 6.92 Å². The molecule has 4 heteroatoms. The van der Waals surface area contributed by atoms with E-state index in [0.29, 0.717) is 5.57 Å². The van der Waals surface area contributed by atoms with Crippen LogP contribution >= 0.6 is 0 Å². The molecular weight excluding hydrogens is 219 g/mol. The summed E-state index contributed by atoms with van der Waals surface area (Å²) in [5, 5.41) is 0. The van der Waals surface area contributed by atoms with Gasteiger partial charge in [-0.2, -0.15) is 0 Å². The van der Waals surface area contributed by atoms with Gasteiger partial charge in [0.15, 0.2) is 0 Å². The molecule has 0 heterocycles. The Hall–Kier alpha value is -0.100. The zero-order valence-electron chi connectivity index (χ0n) is 5.07. The highest BCUT2D eigenvalue weighted by molar-refractivity contribution is 5.90. The van der Waals surface area contributed by atoms with E-state index in [1.165, 1.54) is 0 Å². The van der Waals surface area contributed by atoms with Crippen LogP contribution in [-0.4, -0.2) is 5.91 Å². The van der Waals surface area contributed by atoms with Gasteiger partial charge in [-0.3, -0.25) is 4.79 Å². The molecule has 0 spiro atoms. The maximum Gasteiger partial charge on any atom is 0.243 e. The molecule has 0 rings (SSSR count). The average molecular weight is 230 g/mol. The van der Waals surface area contributed by atoms with Gasteiger partial charge in [-0.15, -0.1) is 0 Å². The number of halogens is 1. The quantitative estimate of drug-likeness (QED) is 0.377. The van der Waals surface area contributed by atoms with E-state index in [1.807, 2.05) is 0 Å². The molecule has 0 unspecified atom stereocenters. The fourth-order valence-electron chi connectivity index (χ4n) is 0. The fourth-order valence-corrected chi connectivity index (χ4v) is 0. The first-order chi connectivity index (χ1) is 2.64. The van der Waals surface area contributed by atoms with Gasteiger partial charge >= 0.3 is 0 Å². The van der Waals surface area contributed by atoms with Gasteiger partial charge in [0, 0.05) is 5.57 Å². The van der Waals surface area contributed by atoms with Crippen LogP contribution in [-0.2, 0) is 4.79 Å². The molecule has 0 fully saturated rings. The molecular formula is C4H11IN2O. The molecule has 0 aromatic carbocycles. The lowest BCUT2D eigenvalue weighted by atomic mass is 10.3. The van der Waals surface area contributed by atoms with E-state index < -0.39 is 5.91 Å². The summed E-state index contributed by atoms with van der Waals surface area (Å²) >= 11 is 0. The molecule has 6 N–H and O–H groups in total. The van der Waals surface area contributed by atoms with Crippen LogP contribution in [0.15, 0.2) is 12.2 Å². The lowest BCUT2D eigenvalue weighted by Crippen LogP contribution is -3.00. The highest BCUT2D eigenvalue weighted by atomic mass is 127. The summed E-state index contributed by atoms with van der Waals surface area (Å²) in [4.78, 5) is 9.82. The molecule has 0 aromatic rings. The molecule has 50 valence electrons. The number of hydrogen-bond acceptors (Lipinski definition) is 1. The van der Waals surface area contributed by atoms with Crippen molar-refractivity contribution in [2.45, 2.75) is 6.92 Å². The molecule has 0 saturated carbocycles. The highest BCUT2D eigenvalue weighted by Crippen LogP contribution is 1.78. The number of carbonyl (C=O) groups excluding carboxylic acids is 1. The molecule has 0 atom stereocenters. The third-order valence-electron chi connectivity index (χ3n) is 0.421. The monoisotopic (exact) mass is 230 g/mol. The second-order valence-corrected chi connectivity index (χ2v) is 1.14. The number of quaternary nitrogens is 1. The first-order valence-corrected chi connectivity index (χ1v) is 1.60. The predicted octanol–water partition coefficient (Wildman–Crippen LogP) is -2.57. The van der Waals surface area contributed by atoms with Crippen LogP contribution in [0.2, 0.25) is 0 Å². The van der Waals surface area contributed by atoms with E-state index >= 15 is 0 Å². The number of hydrogen-bond donors (Lipinski definition) is 2. The summed E-state index contributed by atoms with van der Waals surface area (Å²) in [6.45, 7) is 4.85. The Labute approximate surface area is 65.9 Å². The van der Waals surface area contributed by atoms with E-state index in [1.54, 1.807) is 6.92 Å². The maximum atomic E-state index is 9.82. The number of carbonyl (C=O) groups is 1. The van der Waals surface area contributed by atoms with Gasteiger partial charge < -0.3 is 35.9 Å². The lowest BCUT2D eigenvalue weighted by Gasteiger charge is -1.81. The van der Waals surface area contributed by atoms with Crippen LogP contribution in [0.25, 0.3) is 0 Å². The van der Waals surface area contributed by atoms with Crippen molar-refractivity contribution in [1.29, 1.82) is 0 Å². The third-order valence-corrected chi connectivity index (χ3v) is 0.421. The Kier molecular flexibility index (Phi) is 13.5. The normalized spacial score (nSPS) is 5.62. The van der Waals surface area contributed by atoms with Crippen molar-refractivity contribution in [1.82, 2.24) is 6.15 Å². The van der Waals surface area contributed by atoms with Gasteiger partial charge in [-0.25, -0.2) is 0 Å². The fraction of sp³-hybridized carbons (Fsp3) is 0.250. The van der Waals surface area contributed by atoms with E-state index in [2.05, 4.69) is 6.58 Å². The zero-order valence-corrected chi connectivity index (χ0v) is 7.23. The minimum atomic E-state index is -0.435. The van der Waals surface area contributed by atoms with Crippen LogP contribution in [0.3, 0.4) is 0 Å². The first kappa shape index (κ1) is 15.7. The van der Waals surface area contributed by atoms with Crippen molar-refractivity contribution >= 4 is 5.91 Å². The van der Waals surface area contributed by atoms with Gasteiger partial charge in [0.1, 0.15) is 0 Å². The van der Waals surface area contributed by atoms with Gasteiger partial charge in [0.05, 0.1) is 0 Å². The van der Waals surface area contributed by atoms with Gasteiger partial charge in [0.25, 0.3) is 0 Å². The number of rotatable bonds is 1. The van der Waals surface area contributed by atoms with Crippen LogP contribution in [0.1, 0.15) is 6.92 Å². The minimum Gasteiger partial charge on any atom is -1.00 e. The Bertz CT molecular complexity index is 80.0. The summed E-state index contributed by atoms with van der Waals surface area (Å²) in [7, 11) is 0. The van der Waals surface area contributed by atoms with Gasteiger partial charge in [0.2, 0.25) is 5.91 Å². The zero-order chi connectivity index (χ0) is 5.15. The summed E-state index contributed by atoms with van der Waals surface area (Å²) < 4.78 is 0. The van der Waals surface area contributed by atoms with Gasteiger partial charge in [-0.1, -0.05) is 6.58 Å². The smallest absolute Gasteiger partial charge is 0.243 e. The number of nitrogens with two attached hydrogens (primary N) is 1. The predicted molar refractivity (Wildman–Crippen MR) is 30.0 cm³/mol. The van der Waals surface area contributed by atoms with Crippen molar-refractivity contribution < 1.29 is 28.8 Å². The molecule has 0 aliphatic rings. The average Bonchev–Trinajstić information content (AvgIpc) is 1.36. The Morgan fingerprint density at radius 2 is 1.75 bits per heavy atom. The van der Waals surface area contributed by atoms with Crippen LogP contribution in [0.5, 0.6) is 0 Å². The summed E-state index contributed by atoms with van der Waals surface area (Å²) in [6, 6.07) is 0. The molecule has 1 amide bonds. The largest absolute Gasteiger partial charge is 1.00 e. The summed E-state index contributed by atoms with van der Waals surface area (Å²) in [6.07, 6.45) is 0. The molecule has 0 saturated heterocycles. The SMILES string of the molecule is C=C(C)C(N)=O.[I-].[NH4+]. The lowest BCUT2D eigenvalue weighted by molar-refractivity contribution is -0.114. The molecule has 0 aliphatic carbocycles. The van der Waals surface area contributed by atoms with Crippen LogP contribution in [0.4, 0.5) is 0 Å². The molecule has 0 aliphatic heterocycles. The molecule has 0 aromatic heterocycles. The molecule has 8 heavy (non-hydrogen) atoms. The maximum absolute atomic E-state index is 9.82. The third kappa shape index (κ3) is 9.31. The van der Waals surface area contributed by atoms with Crippen molar-refractivity contribution in [3.8, 4) is 0 Å². The van der Waals surface area contributed by atoms with Crippen molar-refractivity contribution in [3.05, 3.63) is 12.2 Å². The first-order valence-electron chi connectivity index (χ1n) is 1.60. The topological polar surface area (TPSA) is 79.6 Å². The summed E-state index contributed by atoms with van der Waals surface area (Å²) in [5.74, 6) is -0.435. The van der Waals surface area contributed by atoms with Crippen LogP contribution < -0.4 is 35.9 Å². The highest BCUT2D eigenvalue weighted by Gasteiger charge is 1.86. The number of amides is 1.